The zero-order valence-electron chi connectivity index (χ0n) is 16.3. The van der Waals surface area contributed by atoms with Crippen molar-refractivity contribution in [3.05, 3.63) is 0 Å². The van der Waals surface area contributed by atoms with Crippen LogP contribution < -0.4 is 0 Å². The summed E-state index contributed by atoms with van der Waals surface area (Å²) in [4.78, 5) is 11.9. The van der Waals surface area contributed by atoms with Gasteiger partial charge in [-0.05, 0) is 50.9 Å². The maximum Gasteiger partial charge on any atom is 0.135 e. The van der Waals surface area contributed by atoms with Gasteiger partial charge in [0.1, 0.15) is 5.78 Å². The number of hydrogen-bond acceptors (Lipinski definition) is 4. The van der Waals surface area contributed by atoms with Gasteiger partial charge in [0.2, 0.25) is 0 Å². The number of Topliss-reactive ketones (excluding diaryl/α,β-unsaturated/α-hetero) is 1. The molecule has 0 bridgehead atoms. The standard InChI is InChI=1S/C20H40O4/c1-16(9-10-19(23)18(3)11-14-21)7-5-12-20(4,24)13-6-8-17(2)15-22/h16-18,21-22,24H,5-15H2,1-4H3/t16-,17-,18-,20-/m1/s1. The van der Waals surface area contributed by atoms with Crippen LogP contribution >= 0.6 is 0 Å². The molecule has 0 amide bonds. The molecule has 0 heterocycles. The van der Waals surface area contributed by atoms with E-state index in [-0.39, 0.29) is 24.9 Å². The summed E-state index contributed by atoms with van der Waals surface area (Å²) >= 11 is 0. The van der Waals surface area contributed by atoms with Gasteiger partial charge in [0.05, 0.1) is 5.60 Å². The number of hydrogen-bond donors (Lipinski definition) is 3. The Bertz CT molecular complexity index is 328. The van der Waals surface area contributed by atoms with Gasteiger partial charge in [-0.1, -0.05) is 40.0 Å². The highest BCUT2D eigenvalue weighted by Gasteiger charge is 2.20. The fraction of sp³-hybridized carbons (Fsp3) is 0.950. The first-order chi connectivity index (χ1) is 11.2. The Labute approximate surface area is 148 Å². The summed E-state index contributed by atoms with van der Waals surface area (Å²) in [7, 11) is 0. The quantitative estimate of drug-likeness (QED) is 0.423. The van der Waals surface area contributed by atoms with Crippen LogP contribution in [-0.4, -0.2) is 39.9 Å². The van der Waals surface area contributed by atoms with Crippen molar-refractivity contribution >= 4 is 5.78 Å². The molecule has 4 nitrogen and oxygen atoms in total. The summed E-state index contributed by atoms with van der Waals surface area (Å²) in [5.41, 5.74) is -0.625. The smallest absolute Gasteiger partial charge is 0.135 e. The molecular weight excluding hydrogens is 304 g/mol. The highest BCUT2D eigenvalue weighted by atomic mass is 16.3. The maximum absolute atomic E-state index is 11.9. The van der Waals surface area contributed by atoms with E-state index in [0.717, 1.165) is 44.9 Å². The van der Waals surface area contributed by atoms with E-state index in [1.165, 1.54) is 0 Å². The van der Waals surface area contributed by atoms with Gasteiger partial charge in [0, 0.05) is 25.6 Å². The summed E-state index contributed by atoms with van der Waals surface area (Å²) in [5, 5.41) is 28.3. The first-order valence-corrected chi connectivity index (χ1v) is 9.68. The largest absolute Gasteiger partial charge is 0.396 e. The third kappa shape index (κ3) is 12.0. The lowest BCUT2D eigenvalue weighted by molar-refractivity contribution is -0.123. The Hall–Kier alpha value is -0.450. The molecule has 0 aliphatic carbocycles. The summed E-state index contributed by atoms with van der Waals surface area (Å²) in [6.45, 7) is 8.28. The van der Waals surface area contributed by atoms with Crippen molar-refractivity contribution in [2.24, 2.45) is 17.8 Å². The van der Waals surface area contributed by atoms with Gasteiger partial charge in [-0.25, -0.2) is 0 Å². The molecule has 0 fully saturated rings. The van der Waals surface area contributed by atoms with Gasteiger partial charge in [-0.3, -0.25) is 4.79 Å². The molecule has 0 aromatic heterocycles. The molecular formula is C20H40O4. The van der Waals surface area contributed by atoms with E-state index < -0.39 is 5.60 Å². The molecule has 4 heteroatoms. The normalized spacial score (nSPS) is 18.0. The number of aliphatic hydroxyl groups excluding tert-OH is 2. The van der Waals surface area contributed by atoms with E-state index in [0.29, 0.717) is 24.7 Å². The second-order valence-electron chi connectivity index (χ2n) is 8.09. The maximum atomic E-state index is 11.9. The molecule has 3 N–H and O–H groups in total. The fourth-order valence-corrected chi connectivity index (χ4v) is 3.01. The van der Waals surface area contributed by atoms with E-state index in [1.807, 2.05) is 20.8 Å². The summed E-state index contributed by atoms with van der Waals surface area (Å²) < 4.78 is 0. The monoisotopic (exact) mass is 344 g/mol. The van der Waals surface area contributed by atoms with Gasteiger partial charge in [-0.15, -0.1) is 0 Å². The number of rotatable bonds is 15. The third-order valence-corrected chi connectivity index (χ3v) is 5.13. The van der Waals surface area contributed by atoms with Crippen molar-refractivity contribution in [1.82, 2.24) is 0 Å². The first kappa shape index (κ1) is 23.5. The van der Waals surface area contributed by atoms with E-state index in [9.17, 15) is 9.90 Å². The molecule has 24 heavy (non-hydrogen) atoms. The van der Waals surface area contributed by atoms with Crippen LogP contribution in [-0.2, 0) is 4.79 Å². The van der Waals surface area contributed by atoms with Gasteiger partial charge >= 0.3 is 0 Å². The van der Waals surface area contributed by atoms with Crippen molar-refractivity contribution in [3.8, 4) is 0 Å². The zero-order valence-corrected chi connectivity index (χ0v) is 16.3. The van der Waals surface area contributed by atoms with Crippen LogP contribution in [0.2, 0.25) is 0 Å². The van der Waals surface area contributed by atoms with Gasteiger partial charge < -0.3 is 15.3 Å². The lowest BCUT2D eigenvalue weighted by Crippen LogP contribution is -2.24. The third-order valence-electron chi connectivity index (χ3n) is 5.13. The summed E-state index contributed by atoms with van der Waals surface area (Å²) in [6, 6.07) is 0. The Kier molecular flexibility index (Phi) is 12.6. The second-order valence-corrected chi connectivity index (χ2v) is 8.09. The Morgan fingerprint density at radius 2 is 1.46 bits per heavy atom. The zero-order chi connectivity index (χ0) is 18.6. The molecule has 0 aromatic rings. The predicted octanol–water partition coefficient (Wildman–Crippen LogP) is 3.71. The molecule has 0 saturated heterocycles. The Morgan fingerprint density at radius 1 is 0.917 bits per heavy atom. The van der Waals surface area contributed by atoms with Crippen LogP contribution in [0.5, 0.6) is 0 Å². The Morgan fingerprint density at radius 3 is 1.96 bits per heavy atom. The minimum atomic E-state index is -0.625. The van der Waals surface area contributed by atoms with Crippen LogP contribution in [0.15, 0.2) is 0 Å². The highest BCUT2D eigenvalue weighted by Crippen LogP contribution is 2.24. The first-order valence-electron chi connectivity index (χ1n) is 9.68. The highest BCUT2D eigenvalue weighted by molar-refractivity contribution is 5.80. The van der Waals surface area contributed by atoms with Crippen LogP contribution in [0.4, 0.5) is 0 Å². The second kappa shape index (κ2) is 12.8. The van der Waals surface area contributed by atoms with E-state index in [1.54, 1.807) is 0 Å². The fourth-order valence-electron chi connectivity index (χ4n) is 3.01. The average molecular weight is 345 g/mol. The number of carbonyl (C=O) groups is 1. The minimum Gasteiger partial charge on any atom is -0.396 e. The predicted molar refractivity (Wildman–Crippen MR) is 98.8 cm³/mol. The molecule has 0 aliphatic heterocycles. The number of ketones is 1. The average Bonchev–Trinajstić information content (AvgIpc) is 2.52. The van der Waals surface area contributed by atoms with Crippen molar-refractivity contribution < 1.29 is 20.1 Å². The Balaban J connectivity index is 3.85. The molecule has 0 aliphatic rings. The van der Waals surface area contributed by atoms with Crippen molar-refractivity contribution in [2.75, 3.05) is 13.2 Å². The molecule has 0 saturated carbocycles. The molecule has 144 valence electrons. The van der Waals surface area contributed by atoms with Crippen LogP contribution in [0.1, 0.15) is 85.5 Å². The topological polar surface area (TPSA) is 77.8 Å². The van der Waals surface area contributed by atoms with E-state index >= 15 is 0 Å². The SMILES string of the molecule is C[C@H](CCC[C@@](C)(O)CCC[C@@H](C)CO)CCC(=O)[C@H](C)CCO. The number of carbonyl (C=O) groups excluding carboxylic acids is 1. The number of aliphatic hydroxyl groups is 3. The van der Waals surface area contributed by atoms with E-state index in [4.69, 9.17) is 10.2 Å². The van der Waals surface area contributed by atoms with Crippen LogP contribution in [0.3, 0.4) is 0 Å². The van der Waals surface area contributed by atoms with Crippen LogP contribution in [0.25, 0.3) is 0 Å². The lowest BCUT2D eigenvalue weighted by Gasteiger charge is -2.24. The van der Waals surface area contributed by atoms with Crippen LogP contribution in [0, 0.1) is 17.8 Å². The van der Waals surface area contributed by atoms with Gasteiger partial charge in [-0.2, -0.15) is 0 Å². The molecule has 0 rings (SSSR count). The molecule has 0 aromatic carbocycles. The van der Waals surface area contributed by atoms with Crippen molar-refractivity contribution in [3.63, 3.8) is 0 Å². The van der Waals surface area contributed by atoms with Crippen molar-refractivity contribution in [1.29, 1.82) is 0 Å². The lowest BCUT2D eigenvalue weighted by atomic mass is 9.88. The van der Waals surface area contributed by atoms with Gasteiger partial charge in [0.15, 0.2) is 0 Å². The molecule has 0 unspecified atom stereocenters. The summed E-state index contributed by atoms with van der Waals surface area (Å²) in [5.74, 6) is 1.01. The summed E-state index contributed by atoms with van der Waals surface area (Å²) in [6.07, 6.45) is 7.53. The molecule has 0 spiro atoms. The molecule has 0 radical (unpaired) electrons. The van der Waals surface area contributed by atoms with Crippen molar-refractivity contribution in [2.45, 2.75) is 91.1 Å². The minimum absolute atomic E-state index is 0.0377. The van der Waals surface area contributed by atoms with E-state index in [2.05, 4.69) is 6.92 Å². The van der Waals surface area contributed by atoms with Gasteiger partial charge in [0.25, 0.3) is 0 Å². The molecule has 4 atom stereocenters.